The SMILES string of the molecule is COCCN1CCC2(c3cc(O)ccc3C)CC(=O)CCC2C1C. The summed E-state index contributed by atoms with van der Waals surface area (Å²) < 4.78 is 5.26. The molecule has 3 unspecified atom stereocenters. The van der Waals surface area contributed by atoms with Gasteiger partial charge in [-0.15, -0.1) is 0 Å². The minimum Gasteiger partial charge on any atom is -0.508 e. The minimum absolute atomic E-state index is 0.124. The molecule has 0 radical (unpaired) electrons. The van der Waals surface area contributed by atoms with Gasteiger partial charge in [-0.3, -0.25) is 9.69 Å². The van der Waals surface area contributed by atoms with Crippen LogP contribution in [0.4, 0.5) is 0 Å². The third-order valence-electron chi connectivity index (χ3n) is 6.30. The van der Waals surface area contributed by atoms with Gasteiger partial charge in [0.2, 0.25) is 0 Å². The van der Waals surface area contributed by atoms with Crippen LogP contribution in [-0.4, -0.2) is 48.6 Å². The first kappa shape index (κ1) is 17.4. The van der Waals surface area contributed by atoms with Crippen molar-refractivity contribution in [2.45, 2.75) is 51.0 Å². The molecule has 1 saturated carbocycles. The van der Waals surface area contributed by atoms with E-state index in [9.17, 15) is 9.90 Å². The molecule has 3 rings (SSSR count). The molecule has 4 heteroatoms. The van der Waals surface area contributed by atoms with Crippen LogP contribution in [0, 0.1) is 12.8 Å². The summed E-state index contributed by atoms with van der Waals surface area (Å²) in [6.45, 7) is 7.05. The molecule has 1 aromatic rings. The quantitative estimate of drug-likeness (QED) is 0.921. The standard InChI is InChI=1S/C20H29NO3/c1-14-4-5-16(22)12-19(14)20-8-9-21(10-11-24-3)15(2)18(20)7-6-17(23)13-20/h4-5,12,15,18,22H,6-11,13H2,1-3H3. The van der Waals surface area contributed by atoms with Gasteiger partial charge in [0.15, 0.2) is 0 Å². The molecule has 1 heterocycles. The van der Waals surface area contributed by atoms with Crippen molar-refractivity contribution in [3.8, 4) is 5.75 Å². The van der Waals surface area contributed by atoms with E-state index < -0.39 is 0 Å². The molecule has 24 heavy (non-hydrogen) atoms. The highest BCUT2D eigenvalue weighted by atomic mass is 16.5. The first-order chi connectivity index (χ1) is 11.5. The van der Waals surface area contributed by atoms with Crippen molar-refractivity contribution in [2.24, 2.45) is 5.92 Å². The van der Waals surface area contributed by atoms with Gasteiger partial charge in [-0.2, -0.15) is 0 Å². The summed E-state index contributed by atoms with van der Waals surface area (Å²) in [5.41, 5.74) is 2.24. The second kappa shape index (κ2) is 6.85. The second-order valence-corrected chi connectivity index (χ2v) is 7.54. The first-order valence-corrected chi connectivity index (χ1v) is 9.03. The van der Waals surface area contributed by atoms with Crippen molar-refractivity contribution in [3.05, 3.63) is 29.3 Å². The lowest BCUT2D eigenvalue weighted by atomic mass is 9.56. The van der Waals surface area contributed by atoms with Gasteiger partial charge in [0.1, 0.15) is 11.5 Å². The van der Waals surface area contributed by atoms with E-state index in [1.165, 1.54) is 11.1 Å². The molecule has 2 aliphatic rings. The number of piperidine rings is 1. The molecule has 0 spiro atoms. The molecule has 4 nitrogen and oxygen atoms in total. The number of fused-ring (bicyclic) bond motifs is 1. The maximum Gasteiger partial charge on any atom is 0.133 e. The van der Waals surface area contributed by atoms with Gasteiger partial charge in [0, 0.05) is 38.0 Å². The Labute approximate surface area is 144 Å². The fourth-order valence-electron chi connectivity index (χ4n) is 5.04. The molecular formula is C20H29NO3. The number of rotatable bonds is 4. The summed E-state index contributed by atoms with van der Waals surface area (Å²) in [7, 11) is 1.74. The maximum atomic E-state index is 12.4. The van der Waals surface area contributed by atoms with Crippen LogP contribution >= 0.6 is 0 Å². The Hall–Kier alpha value is -1.39. The molecule has 1 aliphatic carbocycles. The van der Waals surface area contributed by atoms with Crippen molar-refractivity contribution in [2.75, 3.05) is 26.8 Å². The number of phenolic OH excluding ortho intramolecular Hbond substituents is 1. The van der Waals surface area contributed by atoms with Crippen LogP contribution in [0.25, 0.3) is 0 Å². The number of phenols is 1. The molecule has 2 fully saturated rings. The predicted octanol–water partition coefficient (Wildman–Crippen LogP) is 3.05. The Morgan fingerprint density at radius 2 is 2.21 bits per heavy atom. The van der Waals surface area contributed by atoms with E-state index in [4.69, 9.17) is 4.74 Å². The zero-order valence-corrected chi connectivity index (χ0v) is 15.0. The molecule has 1 N–H and O–H groups in total. The van der Waals surface area contributed by atoms with E-state index in [1.807, 2.05) is 12.1 Å². The van der Waals surface area contributed by atoms with Crippen LogP contribution in [0.1, 0.15) is 43.7 Å². The Balaban J connectivity index is 1.99. The molecule has 0 bridgehead atoms. The van der Waals surface area contributed by atoms with Crippen molar-refractivity contribution < 1.29 is 14.6 Å². The lowest BCUT2D eigenvalue weighted by Gasteiger charge is -2.54. The van der Waals surface area contributed by atoms with Gasteiger partial charge >= 0.3 is 0 Å². The zero-order valence-electron chi connectivity index (χ0n) is 15.0. The van der Waals surface area contributed by atoms with Gasteiger partial charge in [0.05, 0.1) is 6.61 Å². The van der Waals surface area contributed by atoms with Gasteiger partial charge in [0.25, 0.3) is 0 Å². The van der Waals surface area contributed by atoms with Crippen LogP contribution in [0.15, 0.2) is 18.2 Å². The Morgan fingerprint density at radius 3 is 2.96 bits per heavy atom. The van der Waals surface area contributed by atoms with Crippen LogP contribution in [0.5, 0.6) is 5.75 Å². The summed E-state index contributed by atoms with van der Waals surface area (Å²) in [5.74, 6) is 1.11. The number of nitrogens with zero attached hydrogens (tertiary/aromatic N) is 1. The highest BCUT2D eigenvalue weighted by Gasteiger charge is 2.51. The number of ketones is 1. The number of benzene rings is 1. The van der Waals surface area contributed by atoms with Crippen LogP contribution < -0.4 is 0 Å². The van der Waals surface area contributed by atoms with Gasteiger partial charge in [-0.05, 0) is 62.4 Å². The summed E-state index contributed by atoms with van der Waals surface area (Å²) in [6, 6.07) is 6.05. The number of ether oxygens (including phenoxy) is 1. The number of carbonyl (C=O) groups excluding carboxylic acids is 1. The predicted molar refractivity (Wildman–Crippen MR) is 94.4 cm³/mol. The van der Waals surface area contributed by atoms with Crippen LogP contribution in [0.2, 0.25) is 0 Å². The molecule has 3 atom stereocenters. The first-order valence-electron chi connectivity index (χ1n) is 9.03. The fourth-order valence-corrected chi connectivity index (χ4v) is 5.04. The molecule has 1 saturated heterocycles. The van der Waals surface area contributed by atoms with E-state index in [0.29, 0.717) is 36.3 Å². The average molecular weight is 331 g/mol. The maximum absolute atomic E-state index is 12.4. The lowest BCUT2D eigenvalue weighted by molar-refractivity contribution is -0.126. The van der Waals surface area contributed by atoms with E-state index >= 15 is 0 Å². The summed E-state index contributed by atoms with van der Waals surface area (Å²) in [4.78, 5) is 14.9. The third kappa shape index (κ3) is 2.98. The van der Waals surface area contributed by atoms with Gasteiger partial charge in [-0.1, -0.05) is 6.07 Å². The van der Waals surface area contributed by atoms with Crippen molar-refractivity contribution >= 4 is 5.78 Å². The molecule has 0 amide bonds. The third-order valence-corrected chi connectivity index (χ3v) is 6.30. The zero-order chi connectivity index (χ0) is 17.3. The van der Waals surface area contributed by atoms with E-state index in [2.05, 4.69) is 18.7 Å². The molecule has 1 aromatic carbocycles. The number of carbonyl (C=O) groups is 1. The van der Waals surface area contributed by atoms with Crippen molar-refractivity contribution in [1.29, 1.82) is 0 Å². The number of methoxy groups -OCH3 is 1. The molecule has 0 aromatic heterocycles. The van der Waals surface area contributed by atoms with Crippen molar-refractivity contribution in [3.63, 3.8) is 0 Å². The Bertz CT molecular complexity index is 615. The molecule has 1 aliphatic heterocycles. The van der Waals surface area contributed by atoms with E-state index in [0.717, 1.165) is 32.5 Å². The van der Waals surface area contributed by atoms with E-state index in [1.54, 1.807) is 13.2 Å². The van der Waals surface area contributed by atoms with Crippen molar-refractivity contribution in [1.82, 2.24) is 4.90 Å². The average Bonchev–Trinajstić information content (AvgIpc) is 2.56. The number of hydrogen-bond acceptors (Lipinski definition) is 4. The topological polar surface area (TPSA) is 49.8 Å². The molecular weight excluding hydrogens is 302 g/mol. The Morgan fingerprint density at radius 1 is 1.42 bits per heavy atom. The highest BCUT2D eigenvalue weighted by molar-refractivity contribution is 5.81. The molecule has 132 valence electrons. The minimum atomic E-state index is -0.124. The summed E-state index contributed by atoms with van der Waals surface area (Å²) in [6.07, 6.45) is 3.22. The Kier molecular flexibility index (Phi) is 4.97. The summed E-state index contributed by atoms with van der Waals surface area (Å²) >= 11 is 0. The number of likely N-dealkylation sites (tertiary alicyclic amines) is 1. The van der Waals surface area contributed by atoms with Gasteiger partial charge < -0.3 is 9.84 Å². The monoisotopic (exact) mass is 331 g/mol. The normalized spacial score (nSPS) is 31.0. The smallest absolute Gasteiger partial charge is 0.133 e. The number of hydrogen-bond donors (Lipinski definition) is 1. The summed E-state index contributed by atoms with van der Waals surface area (Å²) in [5, 5.41) is 10.0. The highest BCUT2D eigenvalue weighted by Crippen LogP contribution is 2.51. The lowest BCUT2D eigenvalue weighted by Crippen LogP contribution is -2.58. The number of aromatic hydroxyl groups is 1. The van der Waals surface area contributed by atoms with Gasteiger partial charge in [-0.25, -0.2) is 0 Å². The number of aryl methyl sites for hydroxylation is 1. The number of Topliss-reactive ketones (excluding diaryl/α,β-unsaturated/α-hetero) is 1. The second-order valence-electron chi connectivity index (χ2n) is 7.54. The van der Waals surface area contributed by atoms with Crippen LogP contribution in [-0.2, 0) is 14.9 Å². The largest absolute Gasteiger partial charge is 0.508 e. The van der Waals surface area contributed by atoms with Crippen LogP contribution in [0.3, 0.4) is 0 Å². The van der Waals surface area contributed by atoms with E-state index in [-0.39, 0.29) is 5.41 Å². The fraction of sp³-hybridized carbons (Fsp3) is 0.650.